The Kier molecular flexibility index (Phi) is 20.7. The van der Waals surface area contributed by atoms with E-state index in [1.165, 1.54) is 96.3 Å². The molecule has 0 aliphatic rings. The van der Waals surface area contributed by atoms with Crippen molar-refractivity contribution in [2.75, 3.05) is 21.1 Å². The van der Waals surface area contributed by atoms with E-state index in [0.717, 1.165) is 38.5 Å². The van der Waals surface area contributed by atoms with Gasteiger partial charge in [0.25, 0.3) is 0 Å². The zero-order valence-corrected chi connectivity index (χ0v) is 24.1. The summed E-state index contributed by atoms with van der Waals surface area (Å²) in [5.74, 6) is 0. The first kappa shape index (κ1) is 32.6. The highest BCUT2D eigenvalue weighted by atomic mass is 31.1. The largest absolute Gasteiger partial charge is 0.378 e. The van der Waals surface area contributed by atoms with Gasteiger partial charge in [0.05, 0.1) is 21.1 Å². The summed E-state index contributed by atoms with van der Waals surface area (Å²) in [5.41, 5.74) is 0. The molecular weight excluding hydrogens is 425 g/mol. The van der Waals surface area contributed by atoms with Gasteiger partial charge < -0.3 is 4.48 Å². The average Bonchev–Trinajstić information content (AvgIpc) is 2.76. The van der Waals surface area contributed by atoms with E-state index in [9.17, 15) is 9.13 Å². The first-order valence-corrected chi connectivity index (χ1v) is 15.6. The lowest BCUT2D eigenvalue weighted by atomic mass is 9.99. The summed E-state index contributed by atoms with van der Waals surface area (Å²) in [5, 5.41) is -0.603. The van der Waals surface area contributed by atoms with Crippen molar-refractivity contribution in [3.05, 3.63) is 12.2 Å². The Hall–Kier alpha value is -0.400. The lowest BCUT2D eigenvalue weighted by Crippen LogP contribution is -2.53. The zero-order valence-electron chi connectivity index (χ0n) is 23.2. The highest BCUT2D eigenvalue weighted by Crippen LogP contribution is 2.44. The monoisotopic (exact) mass is 484 g/mol. The lowest BCUT2D eigenvalue weighted by molar-refractivity contribution is -0.908. The van der Waals surface area contributed by atoms with Crippen LogP contribution in [0.15, 0.2) is 12.2 Å². The number of hydrogen-bond acceptors (Lipinski definition) is 2. The van der Waals surface area contributed by atoms with E-state index in [-0.39, 0.29) is 0 Å². The van der Waals surface area contributed by atoms with Crippen LogP contribution >= 0.6 is 7.68 Å². The third-order valence-electron chi connectivity index (χ3n) is 7.33. The van der Waals surface area contributed by atoms with Gasteiger partial charge in [-0.2, -0.15) is 0 Å². The van der Waals surface area contributed by atoms with Crippen LogP contribution in [0.4, 0.5) is 0 Å². The average molecular weight is 485 g/mol. The molecule has 0 aliphatic carbocycles. The molecule has 0 amide bonds. The predicted molar refractivity (Wildman–Crippen MR) is 147 cm³/mol. The summed E-state index contributed by atoms with van der Waals surface area (Å²) in [7, 11) is 3.65. The number of hydrogen-bond donors (Lipinski definition) is 0. The summed E-state index contributed by atoms with van der Waals surface area (Å²) in [6.45, 7) is 4.37. The number of allylic oxidation sites excluding steroid dienone is 2. The minimum atomic E-state index is -2.43. The smallest absolute Gasteiger partial charge is 0.314 e. The van der Waals surface area contributed by atoms with Crippen LogP contribution in [-0.2, 0) is 9.13 Å². The molecule has 0 aromatic heterocycles. The first-order chi connectivity index (χ1) is 15.8. The number of nitrogens with zero attached hydrogens (tertiary/aromatic N) is 1. The van der Waals surface area contributed by atoms with Crippen LogP contribution in [0.2, 0.25) is 0 Å². The van der Waals surface area contributed by atoms with Crippen molar-refractivity contribution in [2.45, 2.75) is 154 Å². The van der Waals surface area contributed by atoms with Crippen LogP contribution in [0.25, 0.3) is 0 Å². The van der Waals surface area contributed by atoms with Crippen LogP contribution in [0, 0.1) is 0 Å². The summed E-state index contributed by atoms with van der Waals surface area (Å²) < 4.78 is 24.7. The second kappa shape index (κ2) is 20.9. The van der Waals surface area contributed by atoms with E-state index >= 15 is 0 Å². The van der Waals surface area contributed by atoms with E-state index in [0.29, 0.717) is 4.48 Å². The molecule has 0 rings (SSSR count). The molecule has 0 aliphatic heterocycles. The fourth-order valence-electron chi connectivity index (χ4n) is 4.99. The van der Waals surface area contributed by atoms with Gasteiger partial charge in [-0.15, -0.1) is 0 Å². The molecule has 0 saturated heterocycles. The van der Waals surface area contributed by atoms with E-state index in [4.69, 9.17) is 0 Å². The molecule has 0 N–H and O–H groups in total. The number of rotatable bonds is 24. The molecule has 196 valence electrons. The Morgan fingerprint density at radius 3 is 1.30 bits per heavy atom. The van der Waals surface area contributed by atoms with Crippen LogP contribution < -0.4 is 0 Å². The van der Waals surface area contributed by atoms with Crippen molar-refractivity contribution in [1.82, 2.24) is 0 Å². The van der Waals surface area contributed by atoms with Gasteiger partial charge in [-0.05, 0) is 38.5 Å². The third-order valence-corrected chi connectivity index (χ3v) is 9.05. The molecular formula is C29H59NO2P+. The van der Waals surface area contributed by atoms with Gasteiger partial charge in [0.15, 0.2) is 0 Å². The Morgan fingerprint density at radius 1 is 0.545 bits per heavy atom. The molecule has 0 radical (unpaired) electrons. The van der Waals surface area contributed by atoms with Crippen LogP contribution in [0.3, 0.4) is 0 Å². The second-order valence-electron chi connectivity index (χ2n) is 11.1. The first-order valence-electron chi connectivity index (χ1n) is 14.4. The maximum atomic E-state index is 12.1. The second-order valence-corrected chi connectivity index (χ2v) is 12.5. The molecule has 3 nitrogen and oxygen atoms in total. The molecule has 1 atom stereocenters. The summed E-state index contributed by atoms with van der Waals surface area (Å²) in [6.07, 6.45) is 31.2. The molecule has 0 spiro atoms. The highest BCUT2D eigenvalue weighted by Gasteiger charge is 2.47. The van der Waals surface area contributed by atoms with Gasteiger partial charge in [-0.3, -0.25) is 0 Å². The third kappa shape index (κ3) is 16.0. The van der Waals surface area contributed by atoms with Crippen molar-refractivity contribution in [1.29, 1.82) is 0 Å². The van der Waals surface area contributed by atoms with E-state index in [2.05, 4.69) is 26.0 Å². The van der Waals surface area contributed by atoms with Crippen molar-refractivity contribution < 1.29 is 13.6 Å². The maximum absolute atomic E-state index is 12.1. The minimum absolute atomic E-state index is 0.512. The molecule has 0 aromatic rings. The van der Waals surface area contributed by atoms with Crippen molar-refractivity contribution in [3.63, 3.8) is 0 Å². The number of unbranched alkanes of at least 4 members (excludes halogenated alkanes) is 16. The minimum Gasteiger partial charge on any atom is -0.314 e. The van der Waals surface area contributed by atoms with Gasteiger partial charge in [0, 0.05) is 12.8 Å². The van der Waals surface area contributed by atoms with E-state index in [1.54, 1.807) is 0 Å². The molecule has 0 aromatic carbocycles. The predicted octanol–water partition coefficient (Wildman–Crippen LogP) is 10.3. The Labute approximate surface area is 208 Å². The summed E-state index contributed by atoms with van der Waals surface area (Å²) in [4.78, 5) is 0. The fourth-order valence-corrected chi connectivity index (χ4v) is 6.22. The Bertz CT molecular complexity index is 528. The van der Waals surface area contributed by atoms with Crippen molar-refractivity contribution in [2.24, 2.45) is 0 Å². The van der Waals surface area contributed by atoms with Gasteiger partial charge in [0.2, 0.25) is 5.28 Å². The molecule has 0 saturated carbocycles. The molecule has 1 unspecified atom stereocenters. The highest BCUT2D eigenvalue weighted by molar-refractivity contribution is 7.32. The van der Waals surface area contributed by atoms with Gasteiger partial charge in [-0.25, -0.2) is 9.13 Å². The topological polar surface area (TPSA) is 34.1 Å². The standard InChI is InChI=1S/C29H59NO2P/c1-6-8-9-10-11-12-13-14-15-16-17-18-19-20-21-22-23-24-25-26-28-29(27-7-2,33(31)32)30(3,4)5/h21-22H,6-20,23-28H2,1-5H3/q+1. The fraction of sp³-hybridized carbons (Fsp3) is 0.931. The number of quaternary nitrogens is 1. The van der Waals surface area contributed by atoms with Gasteiger partial charge in [0.1, 0.15) is 0 Å². The van der Waals surface area contributed by atoms with E-state index < -0.39 is 13.0 Å². The van der Waals surface area contributed by atoms with Crippen molar-refractivity contribution in [3.8, 4) is 0 Å². The molecule has 0 fully saturated rings. The summed E-state index contributed by atoms with van der Waals surface area (Å²) in [6, 6.07) is 0. The SMILES string of the molecule is CCCCCCCCCCCCCCCC=CCCCCCC(CCC)(P(=O)=O)[N+](C)(C)C. The van der Waals surface area contributed by atoms with E-state index in [1.807, 2.05) is 21.1 Å². The molecule has 33 heavy (non-hydrogen) atoms. The Morgan fingerprint density at radius 2 is 0.939 bits per heavy atom. The molecule has 0 bridgehead atoms. The molecule has 0 heterocycles. The Balaban J connectivity index is 3.63. The summed E-state index contributed by atoms with van der Waals surface area (Å²) >= 11 is 0. The quantitative estimate of drug-likeness (QED) is 0.0591. The van der Waals surface area contributed by atoms with Crippen LogP contribution in [0.1, 0.15) is 149 Å². The van der Waals surface area contributed by atoms with Crippen LogP contribution in [-0.4, -0.2) is 30.9 Å². The normalized spacial score (nSPS) is 14.1. The van der Waals surface area contributed by atoms with Gasteiger partial charge >= 0.3 is 7.68 Å². The maximum Gasteiger partial charge on any atom is 0.378 e. The van der Waals surface area contributed by atoms with Crippen molar-refractivity contribution >= 4 is 7.68 Å². The van der Waals surface area contributed by atoms with Gasteiger partial charge in [-0.1, -0.05) is 109 Å². The lowest BCUT2D eigenvalue weighted by Gasteiger charge is -2.41. The zero-order chi connectivity index (χ0) is 24.8. The molecule has 4 heteroatoms. The van der Waals surface area contributed by atoms with Crippen LogP contribution in [0.5, 0.6) is 0 Å².